The third-order valence-corrected chi connectivity index (χ3v) is 3.10. The van der Waals surface area contributed by atoms with E-state index >= 15 is 0 Å². The zero-order valence-electron chi connectivity index (χ0n) is 12.9. The molecule has 0 aromatic heterocycles. The molecule has 0 aliphatic heterocycles. The molecule has 0 saturated heterocycles. The van der Waals surface area contributed by atoms with Crippen LogP contribution in [-0.2, 0) is 6.42 Å². The summed E-state index contributed by atoms with van der Waals surface area (Å²) in [4.78, 5) is 0. The minimum absolute atomic E-state index is 0.182. The van der Waals surface area contributed by atoms with Gasteiger partial charge in [0.2, 0.25) is 0 Å². The first-order chi connectivity index (χ1) is 9.43. The maximum atomic E-state index is 6.33. The molecular weight excluding hydrogens is 274 g/mol. The number of nitrogens with two attached hydrogens (primary N) is 1. The van der Waals surface area contributed by atoms with E-state index in [1.165, 1.54) is 0 Å². The van der Waals surface area contributed by atoms with Crippen molar-refractivity contribution < 1.29 is 9.47 Å². The van der Waals surface area contributed by atoms with E-state index in [0.29, 0.717) is 29.9 Å². The van der Waals surface area contributed by atoms with Gasteiger partial charge in [-0.25, -0.2) is 0 Å². The van der Waals surface area contributed by atoms with Crippen molar-refractivity contribution in [2.45, 2.75) is 46.6 Å². The second kappa shape index (κ2) is 8.38. The van der Waals surface area contributed by atoms with E-state index in [2.05, 4.69) is 13.8 Å². The Morgan fingerprint density at radius 1 is 1.20 bits per heavy atom. The third-order valence-electron chi connectivity index (χ3n) is 2.82. The Morgan fingerprint density at radius 2 is 1.90 bits per heavy atom. The molecule has 0 aliphatic rings. The molecule has 1 aromatic carbocycles. The smallest absolute Gasteiger partial charge is 0.179 e. The van der Waals surface area contributed by atoms with Crippen LogP contribution in [0.3, 0.4) is 0 Å². The van der Waals surface area contributed by atoms with Crippen LogP contribution in [0.2, 0.25) is 5.02 Å². The Bertz CT molecular complexity index is 419. The van der Waals surface area contributed by atoms with E-state index in [4.69, 9.17) is 26.8 Å². The number of hydrogen-bond acceptors (Lipinski definition) is 3. The second-order valence-corrected chi connectivity index (χ2v) is 5.97. The van der Waals surface area contributed by atoms with Crippen LogP contribution in [-0.4, -0.2) is 19.3 Å². The van der Waals surface area contributed by atoms with Gasteiger partial charge in [0, 0.05) is 6.04 Å². The minimum atomic E-state index is 0.182. The summed E-state index contributed by atoms with van der Waals surface area (Å²) in [5.41, 5.74) is 6.93. The summed E-state index contributed by atoms with van der Waals surface area (Å²) in [7, 11) is 0. The van der Waals surface area contributed by atoms with Gasteiger partial charge in [-0.1, -0.05) is 25.4 Å². The molecule has 114 valence electrons. The van der Waals surface area contributed by atoms with Gasteiger partial charge in [0.05, 0.1) is 18.2 Å². The summed E-state index contributed by atoms with van der Waals surface area (Å²) in [6.07, 6.45) is 1.82. The zero-order valence-corrected chi connectivity index (χ0v) is 13.7. The van der Waals surface area contributed by atoms with Crippen molar-refractivity contribution >= 4 is 11.6 Å². The lowest BCUT2D eigenvalue weighted by molar-refractivity contribution is 0.248. The van der Waals surface area contributed by atoms with E-state index in [0.717, 1.165) is 24.2 Å². The fraction of sp³-hybridized carbons (Fsp3) is 0.625. The molecule has 0 fully saturated rings. The molecule has 1 unspecified atom stereocenters. The van der Waals surface area contributed by atoms with Gasteiger partial charge in [-0.3, -0.25) is 0 Å². The second-order valence-electron chi connectivity index (χ2n) is 5.56. The highest BCUT2D eigenvalue weighted by Gasteiger charge is 2.13. The van der Waals surface area contributed by atoms with Crippen molar-refractivity contribution in [2.75, 3.05) is 13.2 Å². The maximum Gasteiger partial charge on any atom is 0.179 e. The summed E-state index contributed by atoms with van der Waals surface area (Å²) in [5, 5.41) is 0.608. The van der Waals surface area contributed by atoms with E-state index < -0.39 is 0 Å². The summed E-state index contributed by atoms with van der Waals surface area (Å²) in [6.45, 7) is 9.38. The molecular formula is C16H26ClNO2. The summed E-state index contributed by atoms with van der Waals surface area (Å²) in [6, 6.07) is 4.14. The zero-order chi connectivity index (χ0) is 15.1. The van der Waals surface area contributed by atoms with Crippen LogP contribution in [0, 0.1) is 5.92 Å². The maximum absolute atomic E-state index is 6.33. The Labute approximate surface area is 127 Å². The van der Waals surface area contributed by atoms with Gasteiger partial charge < -0.3 is 15.2 Å². The molecule has 0 heterocycles. The predicted molar refractivity (Wildman–Crippen MR) is 84.9 cm³/mol. The minimum Gasteiger partial charge on any atom is -0.490 e. The van der Waals surface area contributed by atoms with E-state index in [9.17, 15) is 0 Å². The molecule has 0 radical (unpaired) electrons. The lowest BCUT2D eigenvalue weighted by Gasteiger charge is -2.16. The quantitative estimate of drug-likeness (QED) is 0.787. The van der Waals surface area contributed by atoms with Crippen LogP contribution in [0.5, 0.6) is 11.5 Å². The summed E-state index contributed by atoms with van der Waals surface area (Å²) in [5.74, 6) is 1.81. The Balaban J connectivity index is 2.92. The molecule has 0 saturated carbocycles. The van der Waals surface area contributed by atoms with Crippen molar-refractivity contribution in [1.29, 1.82) is 0 Å². The molecule has 0 spiro atoms. The van der Waals surface area contributed by atoms with Gasteiger partial charge in [0.15, 0.2) is 11.5 Å². The normalized spacial score (nSPS) is 12.6. The van der Waals surface area contributed by atoms with Gasteiger partial charge >= 0.3 is 0 Å². The molecule has 0 bridgehead atoms. The fourth-order valence-electron chi connectivity index (χ4n) is 1.81. The van der Waals surface area contributed by atoms with Gasteiger partial charge in [-0.05, 0) is 50.3 Å². The van der Waals surface area contributed by atoms with Crippen LogP contribution in [0.4, 0.5) is 0 Å². The van der Waals surface area contributed by atoms with Crippen LogP contribution < -0.4 is 15.2 Å². The van der Waals surface area contributed by atoms with E-state index in [-0.39, 0.29) is 6.04 Å². The van der Waals surface area contributed by atoms with E-state index in [1.54, 1.807) is 0 Å². The highest BCUT2D eigenvalue weighted by molar-refractivity contribution is 6.32. The summed E-state index contributed by atoms with van der Waals surface area (Å²) >= 11 is 6.33. The van der Waals surface area contributed by atoms with Gasteiger partial charge in [-0.2, -0.15) is 0 Å². The largest absolute Gasteiger partial charge is 0.490 e. The first-order valence-corrected chi connectivity index (χ1v) is 7.65. The fourth-order valence-corrected chi connectivity index (χ4v) is 2.10. The Kier molecular flexibility index (Phi) is 7.17. The highest BCUT2D eigenvalue weighted by atomic mass is 35.5. The monoisotopic (exact) mass is 299 g/mol. The number of halogens is 1. The Morgan fingerprint density at radius 3 is 2.45 bits per heavy atom. The molecule has 2 N–H and O–H groups in total. The van der Waals surface area contributed by atoms with Crippen LogP contribution in [0.25, 0.3) is 0 Å². The SMILES string of the molecule is CCOc1cc(CCC(C)N)cc(Cl)c1OCC(C)C. The van der Waals surface area contributed by atoms with Crippen molar-refractivity contribution in [3.8, 4) is 11.5 Å². The lowest BCUT2D eigenvalue weighted by atomic mass is 10.1. The lowest BCUT2D eigenvalue weighted by Crippen LogP contribution is -2.15. The van der Waals surface area contributed by atoms with Crippen LogP contribution in [0.15, 0.2) is 12.1 Å². The van der Waals surface area contributed by atoms with E-state index in [1.807, 2.05) is 26.0 Å². The van der Waals surface area contributed by atoms with Crippen molar-refractivity contribution in [2.24, 2.45) is 11.7 Å². The molecule has 4 heteroatoms. The number of ether oxygens (including phenoxy) is 2. The Hall–Kier alpha value is -0.930. The first kappa shape index (κ1) is 17.1. The van der Waals surface area contributed by atoms with Crippen LogP contribution >= 0.6 is 11.6 Å². The average Bonchev–Trinajstić information content (AvgIpc) is 2.35. The highest BCUT2D eigenvalue weighted by Crippen LogP contribution is 2.37. The van der Waals surface area contributed by atoms with Gasteiger partial charge in [0.25, 0.3) is 0 Å². The number of aryl methyl sites for hydroxylation is 1. The van der Waals surface area contributed by atoms with Crippen molar-refractivity contribution in [1.82, 2.24) is 0 Å². The van der Waals surface area contributed by atoms with Crippen LogP contribution in [0.1, 0.15) is 39.7 Å². The first-order valence-electron chi connectivity index (χ1n) is 7.27. The van der Waals surface area contributed by atoms with Crippen molar-refractivity contribution in [3.05, 3.63) is 22.7 Å². The molecule has 1 atom stereocenters. The van der Waals surface area contributed by atoms with Gasteiger partial charge in [-0.15, -0.1) is 0 Å². The molecule has 1 aromatic rings. The number of rotatable bonds is 8. The predicted octanol–water partition coefficient (Wildman–Crippen LogP) is 4.05. The van der Waals surface area contributed by atoms with Crippen molar-refractivity contribution in [3.63, 3.8) is 0 Å². The average molecular weight is 300 g/mol. The molecule has 1 rings (SSSR count). The molecule has 0 amide bonds. The number of benzene rings is 1. The molecule has 3 nitrogen and oxygen atoms in total. The molecule has 20 heavy (non-hydrogen) atoms. The van der Waals surface area contributed by atoms with Gasteiger partial charge in [0.1, 0.15) is 0 Å². The third kappa shape index (κ3) is 5.59. The topological polar surface area (TPSA) is 44.5 Å². The summed E-state index contributed by atoms with van der Waals surface area (Å²) < 4.78 is 11.4. The standard InChI is InChI=1S/C16H26ClNO2/c1-5-19-15-9-13(7-6-12(4)18)8-14(17)16(15)20-10-11(2)3/h8-9,11-12H,5-7,10,18H2,1-4H3. The molecule has 0 aliphatic carbocycles. The number of hydrogen-bond donors (Lipinski definition) is 1.